The van der Waals surface area contributed by atoms with Crippen LogP contribution < -0.4 is 14.9 Å². The third-order valence-electron chi connectivity index (χ3n) is 5.53. The topological polar surface area (TPSA) is 97.6 Å². The van der Waals surface area contributed by atoms with Gasteiger partial charge in [-0.15, -0.1) is 0 Å². The molecule has 2 aromatic heterocycles. The zero-order valence-electron chi connectivity index (χ0n) is 19.0. The van der Waals surface area contributed by atoms with Gasteiger partial charge in [0.25, 0.3) is 0 Å². The number of phenols is 1. The zero-order valence-corrected chi connectivity index (χ0v) is 19.0. The number of hydrogen-bond donors (Lipinski definition) is 2. The first-order chi connectivity index (χ1) is 16.9. The maximum atomic E-state index is 13.4. The van der Waals surface area contributed by atoms with Gasteiger partial charge in [0.15, 0.2) is 22.5 Å². The van der Waals surface area contributed by atoms with Crippen molar-refractivity contribution in [2.24, 2.45) is 0 Å². The zero-order chi connectivity index (χ0) is 24.5. The van der Waals surface area contributed by atoms with Crippen molar-refractivity contribution in [3.63, 3.8) is 0 Å². The van der Waals surface area contributed by atoms with E-state index in [9.17, 15) is 14.3 Å². The highest BCUT2D eigenvalue weighted by Gasteiger charge is 2.23. The van der Waals surface area contributed by atoms with E-state index in [4.69, 9.17) is 13.9 Å². The normalized spacial score (nSPS) is 11.1. The summed E-state index contributed by atoms with van der Waals surface area (Å²) in [4.78, 5) is 13.0. The van der Waals surface area contributed by atoms with Crippen LogP contribution in [0.4, 0.5) is 4.39 Å². The van der Waals surface area contributed by atoms with Crippen LogP contribution in [0.2, 0.25) is 0 Å². The van der Waals surface area contributed by atoms with Crippen LogP contribution in [0.3, 0.4) is 0 Å². The highest BCUT2D eigenvalue weighted by molar-refractivity contribution is 5.92. The van der Waals surface area contributed by atoms with Crippen molar-refractivity contribution in [3.05, 3.63) is 99.7 Å². The molecule has 0 saturated carbocycles. The number of halogens is 1. The number of phenolic OH excluding ortho intramolecular Hbond substituents is 1. The van der Waals surface area contributed by atoms with Crippen LogP contribution in [0.15, 0.2) is 75.9 Å². The molecule has 5 aromatic rings. The Morgan fingerprint density at radius 3 is 2.46 bits per heavy atom. The average Bonchev–Trinajstić information content (AvgIpc) is 3.17. The highest BCUT2D eigenvalue weighted by atomic mass is 19.1. The number of nitrogens with one attached hydrogen (secondary N) is 1. The Hall–Kier alpha value is -4.59. The van der Waals surface area contributed by atoms with Gasteiger partial charge in [-0.3, -0.25) is 9.89 Å². The number of benzene rings is 3. The van der Waals surface area contributed by atoms with E-state index in [1.165, 1.54) is 36.4 Å². The summed E-state index contributed by atoms with van der Waals surface area (Å²) in [7, 11) is 0. The molecule has 3 aromatic carbocycles. The van der Waals surface area contributed by atoms with Gasteiger partial charge in [-0.25, -0.2) is 4.39 Å². The first-order valence-electron chi connectivity index (χ1n) is 10.9. The van der Waals surface area contributed by atoms with E-state index in [1.54, 1.807) is 13.8 Å². The molecular formula is C27H21FN2O5. The largest absolute Gasteiger partial charge is 0.507 e. The van der Waals surface area contributed by atoms with Gasteiger partial charge >= 0.3 is 0 Å². The minimum absolute atomic E-state index is 0.000105. The van der Waals surface area contributed by atoms with Crippen molar-refractivity contribution in [2.45, 2.75) is 20.5 Å². The van der Waals surface area contributed by atoms with Gasteiger partial charge in [0.05, 0.1) is 5.69 Å². The standard InChI is InChI=1S/C27H21FN2O5/c1-15-25(16(2)30-29-15)35-26-23(33-14-17-6-4-3-5-7-17)13-21(32)24-20(31)12-22(34-27(24)26)18-8-10-19(28)11-9-18/h3-13,32H,14H2,1-2H3,(H,29,30). The summed E-state index contributed by atoms with van der Waals surface area (Å²) < 4.78 is 31.8. The number of rotatable bonds is 6. The lowest BCUT2D eigenvalue weighted by Crippen LogP contribution is -2.04. The van der Waals surface area contributed by atoms with E-state index < -0.39 is 11.2 Å². The van der Waals surface area contributed by atoms with Crippen molar-refractivity contribution < 1.29 is 23.4 Å². The van der Waals surface area contributed by atoms with Crippen LogP contribution >= 0.6 is 0 Å². The number of fused-ring (bicyclic) bond motifs is 1. The number of aromatic hydroxyl groups is 1. The summed E-state index contributed by atoms with van der Waals surface area (Å²) in [6.45, 7) is 3.75. The Kier molecular flexibility index (Phi) is 5.70. The second-order valence-corrected chi connectivity index (χ2v) is 8.05. The Bertz CT molecular complexity index is 1550. The molecule has 0 aliphatic rings. The number of ether oxygens (including phenoxy) is 2. The van der Waals surface area contributed by atoms with Gasteiger partial charge < -0.3 is 19.0 Å². The van der Waals surface area contributed by atoms with Gasteiger partial charge in [0, 0.05) is 17.7 Å². The summed E-state index contributed by atoms with van der Waals surface area (Å²) in [5, 5.41) is 17.7. The summed E-state index contributed by atoms with van der Waals surface area (Å²) in [6, 6.07) is 17.6. The van der Waals surface area contributed by atoms with Crippen LogP contribution in [0, 0.1) is 19.7 Å². The van der Waals surface area contributed by atoms with Gasteiger partial charge in [-0.05, 0) is 43.7 Å². The molecular weight excluding hydrogens is 451 g/mol. The highest BCUT2D eigenvalue weighted by Crippen LogP contribution is 2.44. The number of aromatic amines is 1. The summed E-state index contributed by atoms with van der Waals surface area (Å²) in [5.74, 6) is 0.196. The molecule has 0 saturated heterocycles. The molecule has 7 nitrogen and oxygen atoms in total. The second-order valence-electron chi connectivity index (χ2n) is 8.05. The molecule has 5 rings (SSSR count). The molecule has 2 N–H and O–H groups in total. The number of H-pyrrole nitrogens is 1. The third kappa shape index (κ3) is 4.33. The van der Waals surface area contributed by atoms with E-state index in [0.29, 0.717) is 22.7 Å². The SMILES string of the molecule is Cc1n[nH]c(C)c1Oc1c(OCc2ccccc2)cc(O)c2c(=O)cc(-c3ccc(F)cc3)oc12. The van der Waals surface area contributed by atoms with E-state index >= 15 is 0 Å². The van der Waals surface area contributed by atoms with Crippen LogP contribution in [0.25, 0.3) is 22.3 Å². The Morgan fingerprint density at radius 1 is 1.03 bits per heavy atom. The van der Waals surface area contributed by atoms with E-state index in [1.807, 2.05) is 30.3 Å². The summed E-state index contributed by atoms with van der Waals surface area (Å²) >= 11 is 0. The van der Waals surface area contributed by atoms with Crippen LogP contribution in [0.1, 0.15) is 17.0 Å². The average molecular weight is 472 g/mol. The minimum Gasteiger partial charge on any atom is -0.507 e. The maximum Gasteiger partial charge on any atom is 0.212 e. The molecule has 0 amide bonds. The van der Waals surface area contributed by atoms with Crippen molar-refractivity contribution >= 4 is 11.0 Å². The molecule has 0 fully saturated rings. The minimum atomic E-state index is -0.483. The number of aromatic nitrogens is 2. The van der Waals surface area contributed by atoms with Gasteiger partial charge in [0.2, 0.25) is 5.75 Å². The fourth-order valence-corrected chi connectivity index (χ4v) is 3.76. The third-order valence-corrected chi connectivity index (χ3v) is 5.53. The molecule has 8 heteroatoms. The van der Waals surface area contributed by atoms with Gasteiger partial charge in [-0.1, -0.05) is 30.3 Å². The van der Waals surface area contributed by atoms with Crippen LogP contribution in [0.5, 0.6) is 23.0 Å². The molecule has 2 heterocycles. The first kappa shape index (κ1) is 22.2. The molecule has 0 bridgehead atoms. The Balaban J connectivity index is 1.71. The molecule has 0 spiro atoms. The lowest BCUT2D eigenvalue weighted by atomic mass is 10.1. The van der Waals surface area contributed by atoms with Crippen molar-refractivity contribution in [1.82, 2.24) is 10.2 Å². The number of aryl methyl sites for hydroxylation is 2. The first-order valence-corrected chi connectivity index (χ1v) is 10.9. The monoisotopic (exact) mass is 472 g/mol. The van der Waals surface area contributed by atoms with E-state index in [-0.39, 0.29) is 40.6 Å². The Morgan fingerprint density at radius 2 is 1.77 bits per heavy atom. The predicted molar refractivity (Wildman–Crippen MR) is 128 cm³/mol. The van der Waals surface area contributed by atoms with E-state index in [0.717, 1.165) is 5.56 Å². The molecule has 0 radical (unpaired) electrons. The molecule has 0 aliphatic heterocycles. The lowest BCUT2D eigenvalue weighted by molar-refractivity contribution is 0.289. The molecule has 0 unspecified atom stereocenters. The summed E-state index contributed by atoms with van der Waals surface area (Å²) in [5.41, 5.74) is 2.16. The fraction of sp³-hybridized carbons (Fsp3) is 0.111. The Labute approximate surface area is 199 Å². The fourth-order valence-electron chi connectivity index (χ4n) is 3.76. The van der Waals surface area contributed by atoms with Crippen LogP contribution in [-0.4, -0.2) is 15.3 Å². The number of hydrogen-bond acceptors (Lipinski definition) is 6. The predicted octanol–water partition coefficient (Wildman–Crippen LogP) is 6.02. The summed E-state index contributed by atoms with van der Waals surface area (Å²) in [6.07, 6.45) is 0. The quantitative estimate of drug-likeness (QED) is 0.314. The molecule has 0 atom stereocenters. The van der Waals surface area contributed by atoms with E-state index in [2.05, 4.69) is 10.2 Å². The molecule has 0 aliphatic carbocycles. The van der Waals surface area contributed by atoms with Crippen molar-refractivity contribution in [2.75, 3.05) is 0 Å². The smallest absolute Gasteiger partial charge is 0.212 e. The van der Waals surface area contributed by atoms with Crippen molar-refractivity contribution in [3.8, 4) is 34.3 Å². The maximum absolute atomic E-state index is 13.4. The van der Waals surface area contributed by atoms with Crippen LogP contribution in [-0.2, 0) is 6.61 Å². The molecule has 35 heavy (non-hydrogen) atoms. The van der Waals surface area contributed by atoms with Gasteiger partial charge in [0.1, 0.15) is 35.0 Å². The molecule has 176 valence electrons. The number of nitrogens with zero attached hydrogens (tertiary/aromatic N) is 1. The van der Waals surface area contributed by atoms with Gasteiger partial charge in [-0.2, -0.15) is 5.10 Å². The van der Waals surface area contributed by atoms with Crippen molar-refractivity contribution in [1.29, 1.82) is 0 Å². The lowest BCUT2D eigenvalue weighted by Gasteiger charge is -2.16. The second kappa shape index (κ2) is 8.98.